The molecule has 0 aliphatic carbocycles. The Morgan fingerprint density at radius 2 is 2.13 bits per heavy atom. The van der Waals surface area contributed by atoms with Crippen LogP contribution in [0.25, 0.3) is 0 Å². The van der Waals surface area contributed by atoms with Gasteiger partial charge < -0.3 is 10.1 Å². The topological polar surface area (TPSA) is 50.7 Å². The van der Waals surface area contributed by atoms with Gasteiger partial charge in [-0.1, -0.05) is 20.8 Å². The summed E-state index contributed by atoms with van der Waals surface area (Å²) in [5.41, 5.74) is 0. The average Bonchev–Trinajstić information content (AvgIpc) is 2.20. The highest BCUT2D eigenvalue weighted by molar-refractivity contribution is 5.95. The van der Waals surface area contributed by atoms with E-state index >= 15 is 0 Å². The van der Waals surface area contributed by atoms with Crippen LogP contribution in [0.5, 0.6) is 0 Å². The molecule has 1 heterocycles. The SMILES string of the molecule is CCOC1=N[C@H](C(C)C)C(=O)N[C@@H]1CC. The number of carbonyl (C=O) groups excluding carboxylic acids is 1. The van der Waals surface area contributed by atoms with Crippen LogP contribution in [0.3, 0.4) is 0 Å². The van der Waals surface area contributed by atoms with Crippen LogP contribution in [0, 0.1) is 5.92 Å². The predicted molar refractivity (Wildman–Crippen MR) is 59.9 cm³/mol. The Balaban J connectivity index is 2.86. The molecule has 1 aliphatic heterocycles. The molecule has 1 rings (SSSR count). The van der Waals surface area contributed by atoms with Gasteiger partial charge in [0.2, 0.25) is 11.8 Å². The second-order valence-electron chi connectivity index (χ2n) is 4.06. The average molecular weight is 212 g/mol. The van der Waals surface area contributed by atoms with Crippen molar-refractivity contribution in [2.45, 2.75) is 46.2 Å². The highest BCUT2D eigenvalue weighted by Gasteiger charge is 2.32. The van der Waals surface area contributed by atoms with Crippen molar-refractivity contribution in [3.8, 4) is 0 Å². The van der Waals surface area contributed by atoms with Gasteiger partial charge in [0.25, 0.3) is 0 Å². The number of rotatable bonds is 3. The van der Waals surface area contributed by atoms with E-state index < -0.39 is 0 Å². The Hall–Kier alpha value is -1.06. The van der Waals surface area contributed by atoms with Crippen molar-refractivity contribution in [1.82, 2.24) is 5.32 Å². The quantitative estimate of drug-likeness (QED) is 0.767. The zero-order chi connectivity index (χ0) is 11.4. The second-order valence-corrected chi connectivity index (χ2v) is 4.06. The van der Waals surface area contributed by atoms with Crippen LogP contribution in [0.1, 0.15) is 34.1 Å². The van der Waals surface area contributed by atoms with Crippen LogP contribution in [0.2, 0.25) is 0 Å². The molecule has 0 saturated carbocycles. The van der Waals surface area contributed by atoms with Crippen molar-refractivity contribution in [2.24, 2.45) is 10.9 Å². The maximum absolute atomic E-state index is 11.7. The van der Waals surface area contributed by atoms with Gasteiger partial charge in [0.15, 0.2) is 0 Å². The minimum Gasteiger partial charge on any atom is -0.480 e. The lowest BCUT2D eigenvalue weighted by molar-refractivity contribution is -0.124. The maximum Gasteiger partial charge on any atom is 0.245 e. The first-order valence-electron chi connectivity index (χ1n) is 5.61. The first kappa shape index (κ1) is 12.0. The van der Waals surface area contributed by atoms with Crippen molar-refractivity contribution >= 4 is 11.8 Å². The first-order valence-corrected chi connectivity index (χ1v) is 5.61. The Morgan fingerprint density at radius 1 is 1.47 bits per heavy atom. The van der Waals surface area contributed by atoms with E-state index in [1.807, 2.05) is 27.7 Å². The molecule has 1 N–H and O–H groups in total. The van der Waals surface area contributed by atoms with E-state index in [0.717, 1.165) is 6.42 Å². The molecule has 0 bridgehead atoms. The molecule has 1 aliphatic rings. The number of carbonyl (C=O) groups is 1. The van der Waals surface area contributed by atoms with E-state index in [0.29, 0.717) is 12.5 Å². The third-order valence-corrected chi connectivity index (χ3v) is 2.48. The smallest absolute Gasteiger partial charge is 0.245 e. The summed E-state index contributed by atoms with van der Waals surface area (Å²) in [4.78, 5) is 16.1. The minimum absolute atomic E-state index is 0.0142. The van der Waals surface area contributed by atoms with Gasteiger partial charge in [0.1, 0.15) is 12.1 Å². The van der Waals surface area contributed by atoms with E-state index in [2.05, 4.69) is 10.3 Å². The van der Waals surface area contributed by atoms with Gasteiger partial charge >= 0.3 is 0 Å². The standard InChI is InChI=1S/C11H20N2O2/c1-5-8-11(15-6-2)13-9(7(3)4)10(14)12-8/h7-9H,5-6H2,1-4H3,(H,12,14)/t8-,9-/m1/s1. The first-order chi connectivity index (χ1) is 7.10. The molecule has 2 atom stereocenters. The monoisotopic (exact) mass is 212 g/mol. The lowest BCUT2D eigenvalue weighted by Crippen LogP contribution is -2.51. The van der Waals surface area contributed by atoms with Crippen LogP contribution in [0.15, 0.2) is 4.99 Å². The Bertz CT molecular complexity index is 261. The lowest BCUT2D eigenvalue weighted by atomic mass is 10.0. The van der Waals surface area contributed by atoms with Gasteiger partial charge in [-0.3, -0.25) is 4.79 Å². The number of nitrogens with zero attached hydrogens (tertiary/aromatic N) is 1. The summed E-state index contributed by atoms with van der Waals surface area (Å²) in [6.45, 7) is 8.51. The number of ether oxygens (including phenoxy) is 1. The molecule has 0 fully saturated rings. The summed E-state index contributed by atoms with van der Waals surface area (Å²) < 4.78 is 5.45. The molecule has 0 aromatic rings. The summed E-state index contributed by atoms with van der Waals surface area (Å²) in [5.74, 6) is 0.900. The molecular weight excluding hydrogens is 192 g/mol. The third kappa shape index (κ3) is 2.70. The van der Waals surface area contributed by atoms with Crippen molar-refractivity contribution in [3.63, 3.8) is 0 Å². The molecule has 86 valence electrons. The van der Waals surface area contributed by atoms with Gasteiger partial charge in [-0.25, -0.2) is 4.99 Å². The normalized spacial score (nSPS) is 26.2. The number of amides is 1. The number of hydrogen-bond acceptors (Lipinski definition) is 3. The number of nitrogens with one attached hydrogen (secondary N) is 1. The number of aliphatic imine (C=N–C) groups is 1. The maximum atomic E-state index is 11.7. The molecule has 0 aromatic carbocycles. The largest absolute Gasteiger partial charge is 0.480 e. The van der Waals surface area contributed by atoms with Gasteiger partial charge in [-0.2, -0.15) is 0 Å². The van der Waals surface area contributed by atoms with Crippen LogP contribution < -0.4 is 5.32 Å². The Morgan fingerprint density at radius 3 is 2.60 bits per heavy atom. The zero-order valence-corrected chi connectivity index (χ0v) is 9.91. The molecule has 0 spiro atoms. The molecule has 15 heavy (non-hydrogen) atoms. The van der Waals surface area contributed by atoms with Crippen LogP contribution in [0.4, 0.5) is 0 Å². The second kappa shape index (κ2) is 5.14. The van der Waals surface area contributed by atoms with Gasteiger partial charge in [-0.05, 0) is 19.3 Å². The molecule has 4 heteroatoms. The predicted octanol–water partition coefficient (Wildman–Crippen LogP) is 1.35. The van der Waals surface area contributed by atoms with E-state index in [9.17, 15) is 4.79 Å². The third-order valence-electron chi connectivity index (χ3n) is 2.48. The van der Waals surface area contributed by atoms with Crippen LogP contribution in [-0.2, 0) is 9.53 Å². The zero-order valence-electron chi connectivity index (χ0n) is 9.91. The fraction of sp³-hybridized carbons (Fsp3) is 0.818. The molecule has 0 saturated heterocycles. The van der Waals surface area contributed by atoms with Crippen LogP contribution in [-0.4, -0.2) is 30.5 Å². The van der Waals surface area contributed by atoms with Crippen molar-refractivity contribution in [1.29, 1.82) is 0 Å². The molecular formula is C11H20N2O2. The van der Waals surface area contributed by atoms with Gasteiger partial charge in [-0.15, -0.1) is 0 Å². The van der Waals surface area contributed by atoms with Crippen molar-refractivity contribution in [3.05, 3.63) is 0 Å². The summed E-state index contributed by atoms with van der Waals surface area (Å²) >= 11 is 0. The molecule has 0 radical (unpaired) electrons. The van der Waals surface area contributed by atoms with E-state index in [4.69, 9.17) is 4.74 Å². The fourth-order valence-corrected chi connectivity index (χ4v) is 1.62. The van der Waals surface area contributed by atoms with E-state index in [-0.39, 0.29) is 23.9 Å². The van der Waals surface area contributed by atoms with Gasteiger partial charge in [0.05, 0.1) is 6.61 Å². The number of hydrogen-bond donors (Lipinski definition) is 1. The minimum atomic E-state index is -0.297. The fourth-order valence-electron chi connectivity index (χ4n) is 1.62. The molecule has 0 aromatic heterocycles. The highest BCUT2D eigenvalue weighted by Crippen LogP contribution is 2.14. The van der Waals surface area contributed by atoms with E-state index in [1.54, 1.807) is 0 Å². The lowest BCUT2D eigenvalue weighted by Gasteiger charge is -2.29. The summed E-state index contributed by atoms with van der Waals surface area (Å²) in [6, 6.07) is -0.346. The Labute approximate surface area is 91.1 Å². The molecule has 4 nitrogen and oxygen atoms in total. The summed E-state index contributed by atoms with van der Waals surface area (Å²) in [5, 5.41) is 2.94. The molecule has 1 amide bonds. The summed E-state index contributed by atoms with van der Waals surface area (Å²) in [6.07, 6.45) is 0.815. The van der Waals surface area contributed by atoms with Crippen molar-refractivity contribution < 1.29 is 9.53 Å². The van der Waals surface area contributed by atoms with Crippen molar-refractivity contribution in [2.75, 3.05) is 6.61 Å². The summed E-state index contributed by atoms with van der Waals surface area (Å²) in [7, 11) is 0. The Kier molecular flexibility index (Phi) is 4.12. The highest BCUT2D eigenvalue weighted by atomic mass is 16.5. The van der Waals surface area contributed by atoms with Crippen LogP contribution >= 0.6 is 0 Å². The van der Waals surface area contributed by atoms with E-state index in [1.165, 1.54) is 0 Å². The molecule has 0 unspecified atom stereocenters. The van der Waals surface area contributed by atoms with Gasteiger partial charge in [0, 0.05) is 0 Å².